The van der Waals surface area contributed by atoms with Gasteiger partial charge in [-0.25, -0.2) is 8.42 Å². The third kappa shape index (κ3) is 5.27. The van der Waals surface area contributed by atoms with Crippen molar-refractivity contribution in [1.29, 1.82) is 0 Å². The molecule has 1 aliphatic carbocycles. The number of carbonyl (C=O) groups is 2. The van der Waals surface area contributed by atoms with E-state index in [1.54, 1.807) is 6.07 Å². The summed E-state index contributed by atoms with van der Waals surface area (Å²) < 4.78 is 29.1. The average Bonchev–Trinajstić information content (AvgIpc) is 3.25. The number of carbonyl (C=O) groups excluding carboxylic acids is 2. The van der Waals surface area contributed by atoms with Crippen LogP contribution in [0.3, 0.4) is 0 Å². The van der Waals surface area contributed by atoms with E-state index in [1.165, 1.54) is 11.3 Å². The molecule has 1 aromatic heterocycles. The Morgan fingerprint density at radius 3 is 2.77 bits per heavy atom. The zero-order chi connectivity index (χ0) is 22.0. The van der Waals surface area contributed by atoms with E-state index in [0.29, 0.717) is 22.7 Å². The number of anilines is 1. The van der Waals surface area contributed by atoms with Crippen LogP contribution in [0.1, 0.15) is 45.6 Å². The lowest BCUT2D eigenvalue weighted by atomic mass is 9.95. The average molecular weight is 463 g/mol. The zero-order valence-corrected chi connectivity index (χ0v) is 19.0. The lowest BCUT2D eigenvalue weighted by molar-refractivity contribution is -0.118. The van der Waals surface area contributed by atoms with Crippen LogP contribution in [0.4, 0.5) is 5.00 Å². The molecule has 2 aromatic rings. The molecule has 0 spiro atoms. The van der Waals surface area contributed by atoms with Crippen LogP contribution in [0.2, 0.25) is 0 Å². The van der Waals surface area contributed by atoms with Crippen molar-refractivity contribution < 1.29 is 22.7 Å². The van der Waals surface area contributed by atoms with E-state index in [-0.39, 0.29) is 36.0 Å². The highest BCUT2D eigenvalue weighted by Crippen LogP contribution is 2.38. The highest BCUT2D eigenvalue weighted by molar-refractivity contribution is 7.91. The number of hydrogen-bond acceptors (Lipinski definition) is 6. The smallest absolute Gasteiger partial charge is 0.262 e. The highest BCUT2D eigenvalue weighted by Gasteiger charge is 2.32. The summed E-state index contributed by atoms with van der Waals surface area (Å²) in [5.74, 6) is 0.0338. The molecule has 2 aliphatic rings. The number of hydrogen-bond donors (Lipinski definition) is 2. The van der Waals surface area contributed by atoms with Crippen molar-refractivity contribution in [1.82, 2.24) is 5.32 Å². The van der Waals surface area contributed by atoms with E-state index in [0.717, 1.165) is 41.7 Å². The van der Waals surface area contributed by atoms with Gasteiger partial charge in [0.1, 0.15) is 10.8 Å². The van der Waals surface area contributed by atoms with Crippen molar-refractivity contribution in [2.24, 2.45) is 0 Å². The maximum absolute atomic E-state index is 13.1. The Kier molecular flexibility index (Phi) is 6.34. The van der Waals surface area contributed by atoms with Gasteiger partial charge in [-0.15, -0.1) is 11.3 Å². The van der Waals surface area contributed by atoms with E-state index >= 15 is 0 Å². The molecule has 0 bridgehead atoms. The minimum Gasteiger partial charge on any atom is -0.484 e. The van der Waals surface area contributed by atoms with Gasteiger partial charge in [0.15, 0.2) is 16.4 Å². The van der Waals surface area contributed by atoms with Crippen LogP contribution in [0.15, 0.2) is 24.3 Å². The third-order valence-electron chi connectivity index (χ3n) is 5.58. The first-order chi connectivity index (χ1) is 14.8. The van der Waals surface area contributed by atoms with Gasteiger partial charge in [0.2, 0.25) is 0 Å². The molecule has 2 N–H and O–H groups in total. The van der Waals surface area contributed by atoms with Crippen molar-refractivity contribution >= 4 is 38.0 Å². The normalized spacial score (nSPS) is 19.5. The molecule has 1 saturated heterocycles. The molecule has 4 rings (SSSR count). The Morgan fingerprint density at radius 2 is 2.03 bits per heavy atom. The Morgan fingerprint density at radius 1 is 1.23 bits per heavy atom. The van der Waals surface area contributed by atoms with E-state index in [2.05, 4.69) is 10.6 Å². The first-order valence-electron chi connectivity index (χ1n) is 10.5. The number of benzene rings is 1. The number of amides is 2. The summed E-state index contributed by atoms with van der Waals surface area (Å²) in [7, 11) is -3.09. The van der Waals surface area contributed by atoms with Gasteiger partial charge >= 0.3 is 0 Å². The minimum absolute atomic E-state index is 0.0307. The maximum Gasteiger partial charge on any atom is 0.262 e. The van der Waals surface area contributed by atoms with Crippen LogP contribution in [0, 0.1) is 6.92 Å². The summed E-state index contributed by atoms with van der Waals surface area (Å²) in [4.78, 5) is 26.7. The Labute approximate surface area is 186 Å². The number of fused-ring (bicyclic) bond motifs is 1. The first-order valence-corrected chi connectivity index (χ1v) is 13.1. The second kappa shape index (κ2) is 9.00. The zero-order valence-electron chi connectivity index (χ0n) is 17.4. The lowest BCUT2D eigenvalue weighted by Crippen LogP contribution is -2.36. The molecule has 7 nitrogen and oxygen atoms in total. The Hall–Kier alpha value is -2.39. The van der Waals surface area contributed by atoms with Crippen LogP contribution in [0.5, 0.6) is 5.75 Å². The van der Waals surface area contributed by atoms with Crippen molar-refractivity contribution in [2.45, 2.75) is 45.1 Å². The van der Waals surface area contributed by atoms with Gasteiger partial charge in [0.25, 0.3) is 11.8 Å². The van der Waals surface area contributed by atoms with Crippen LogP contribution < -0.4 is 15.4 Å². The van der Waals surface area contributed by atoms with Gasteiger partial charge in [-0.3, -0.25) is 9.59 Å². The molecule has 2 heterocycles. The summed E-state index contributed by atoms with van der Waals surface area (Å²) in [6.07, 6.45) is 4.14. The van der Waals surface area contributed by atoms with Crippen molar-refractivity contribution in [3.63, 3.8) is 0 Å². The van der Waals surface area contributed by atoms with Gasteiger partial charge in [0, 0.05) is 10.9 Å². The fraction of sp³-hybridized carbons (Fsp3) is 0.455. The molecule has 0 saturated carbocycles. The third-order valence-corrected chi connectivity index (χ3v) is 8.55. The highest BCUT2D eigenvalue weighted by atomic mass is 32.2. The molecule has 1 fully saturated rings. The minimum atomic E-state index is -3.09. The van der Waals surface area contributed by atoms with Crippen molar-refractivity contribution in [3.8, 4) is 5.75 Å². The second-order valence-corrected chi connectivity index (χ2v) is 11.5. The molecule has 1 aromatic carbocycles. The van der Waals surface area contributed by atoms with E-state index < -0.39 is 9.84 Å². The standard InChI is InChI=1S/C22H26N2O5S2/c1-14-5-4-6-16(11-14)29-12-19(25)24-22-20(17-7-2-3-8-18(17)30-22)21(26)23-15-9-10-31(27,28)13-15/h4-6,11,15H,2-3,7-10,12-13H2,1H3,(H,23,26)(H,24,25). The predicted octanol–water partition coefficient (Wildman–Crippen LogP) is 2.87. The van der Waals surface area contributed by atoms with Crippen LogP contribution in [-0.4, -0.2) is 44.4 Å². The van der Waals surface area contributed by atoms with Crippen molar-refractivity contribution in [2.75, 3.05) is 23.4 Å². The lowest BCUT2D eigenvalue weighted by Gasteiger charge is -2.15. The fourth-order valence-corrected chi connectivity index (χ4v) is 7.05. The maximum atomic E-state index is 13.1. The van der Waals surface area contributed by atoms with Gasteiger partial charge in [-0.2, -0.15) is 0 Å². The first kappa shape index (κ1) is 21.8. The van der Waals surface area contributed by atoms with Crippen LogP contribution >= 0.6 is 11.3 Å². The molecular formula is C22H26N2O5S2. The predicted molar refractivity (Wildman–Crippen MR) is 121 cm³/mol. The number of thiophene rings is 1. The van der Waals surface area contributed by atoms with Gasteiger partial charge < -0.3 is 15.4 Å². The van der Waals surface area contributed by atoms with Crippen LogP contribution in [0.25, 0.3) is 0 Å². The molecule has 0 radical (unpaired) electrons. The van der Waals surface area contributed by atoms with Crippen molar-refractivity contribution in [3.05, 3.63) is 45.8 Å². The summed E-state index contributed by atoms with van der Waals surface area (Å²) in [6, 6.07) is 7.07. The summed E-state index contributed by atoms with van der Waals surface area (Å²) in [6.45, 7) is 1.79. The topological polar surface area (TPSA) is 102 Å². The summed E-state index contributed by atoms with van der Waals surface area (Å²) in [5.41, 5.74) is 2.49. The number of nitrogens with one attached hydrogen (secondary N) is 2. The Balaban J connectivity index is 1.48. The molecule has 1 unspecified atom stereocenters. The van der Waals surface area contributed by atoms with Crippen LogP contribution in [-0.2, 0) is 27.5 Å². The van der Waals surface area contributed by atoms with E-state index in [4.69, 9.17) is 4.74 Å². The molecule has 1 aliphatic heterocycles. The molecule has 2 amide bonds. The molecule has 1 atom stereocenters. The molecule has 31 heavy (non-hydrogen) atoms. The number of ether oxygens (including phenoxy) is 1. The SMILES string of the molecule is Cc1cccc(OCC(=O)Nc2sc3c(c2C(=O)NC2CCS(=O)(=O)C2)CCCC3)c1. The van der Waals surface area contributed by atoms with Gasteiger partial charge in [-0.05, 0) is 62.3 Å². The number of aryl methyl sites for hydroxylation is 2. The summed E-state index contributed by atoms with van der Waals surface area (Å²) in [5, 5.41) is 6.24. The second-order valence-electron chi connectivity index (χ2n) is 8.14. The van der Waals surface area contributed by atoms with Gasteiger partial charge in [0.05, 0.1) is 17.1 Å². The molecular weight excluding hydrogens is 436 g/mol. The number of rotatable bonds is 6. The van der Waals surface area contributed by atoms with E-state index in [1.807, 2.05) is 25.1 Å². The van der Waals surface area contributed by atoms with Gasteiger partial charge in [-0.1, -0.05) is 12.1 Å². The monoisotopic (exact) mass is 462 g/mol. The summed E-state index contributed by atoms with van der Waals surface area (Å²) >= 11 is 1.43. The quantitative estimate of drug-likeness (QED) is 0.687. The fourth-order valence-electron chi connectivity index (χ4n) is 4.08. The molecule has 166 valence electrons. The number of sulfone groups is 1. The van der Waals surface area contributed by atoms with E-state index in [9.17, 15) is 18.0 Å². The Bertz CT molecular complexity index is 1110. The largest absolute Gasteiger partial charge is 0.484 e. The molecule has 9 heteroatoms.